The van der Waals surface area contributed by atoms with Gasteiger partial charge < -0.3 is 23.9 Å². The van der Waals surface area contributed by atoms with E-state index in [4.69, 9.17) is 32.7 Å². The van der Waals surface area contributed by atoms with E-state index in [1.165, 1.54) is 4.80 Å². The number of nitrogens with zero attached hydrogens (tertiary/aromatic N) is 5. The molecule has 204 valence electrons. The van der Waals surface area contributed by atoms with Crippen molar-refractivity contribution in [1.29, 1.82) is 0 Å². The Morgan fingerprint density at radius 1 is 1.15 bits per heavy atom. The molecular formula is C28H28Cl2N5O4-. The van der Waals surface area contributed by atoms with Gasteiger partial charge in [-0.05, 0) is 66.9 Å². The lowest BCUT2D eigenvalue weighted by molar-refractivity contribution is -0.304. The Balaban J connectivity index is 1.62. The minimum Gasteiger partial charge on any atom is -0.550 e. The fourth-order valence-electron chi connectivity index (χ4n) is 5.51. The highest BCUT2D eigenvalue weighted by Crippen LogP contribution is 2.49. The van der Waals surface area contributed by atoms with E-state index < -0.39 is 5.97 Å². The third-order valence-electron chi connectivity index (χ3n) is 7.18. The number of fused-ring (bicyclic) bond motifs is 3. The molecule has 1 aliphatic heterocycles. The van der Waals surface area contributed by atoms with Gasteiger partial charge >= 0.3 is 0 Å². The van der Waals surface area contributed by atoms with E-state index in [9.17, 15) is 9.90 Å². The van der Waals surface area contributed by atoms with Crippen LogP contribution in [0.4, 0.5) is 0 Å². The molecule has 0 saturated carbocycles. The van der Waals surface area contributed by atoms with Crippen molar-refractivity contribution in [1.82, 2.24) is 24.8 Å². The third-order valence-corrected chi connectivity index (χ3v) is 7.63. The third kappa shape index (κ3) is 5.33. The number of halogens is 2. The molecule has 39 heavy (non-hydrogen) atoms. The summed E-state index contributed by atoms with van der Waals surface area (Å²) in [5, 5.41) is 23.5. The molecule has 2 aromatic heterocycles. The van der Waals surface area contributed by atoms with Crippen LogP contribution in [0.5, 0.6) is 11.5 Å². The summed E-state index contributed by atoms with van der Waals surface area (Å²) in [5.74, 6) is 0.184. The standard InChI is InChI=1S/C28H29Cl2N5O4/c1-16(29)22-9-10-23-17(11-12-34-32-26(31-33-34)15-27(36)37)13-20(19-5-4-6-25(38-2)28(19)39-3)21-14-18(30)7-8-24(21)35(22)23/h4-10,14,16-17,20H,11-13,15H2,1-3H3,(H,36,37)/p-1/t16?,17-,20+/m0/s1. The van der Waals surface area contributed by atoms with E-state index in [0.717, 1.165) is 34.6 Å². The van der Waals surface area contributed by atoms with Crippen molar-refractivity contribution in [3.05, 3.63) is 81.9 Å². The van der Waals surface area contributed by atoms with Gasteiger partial charge in [0.1, 0.15) is 0 Å². The van der Waals surface area contributed by atoms with Crippen LogP contribution in [-0.2, 0) is 17.8 Å². The Morgan fingerprint density at radius 2 is 1.97 bits per heavy atom. The van der Waals surface area contributed by atoms with Gasteiger partial charge in [0.05, 0.1) is 32.6 Å². The highest BCUT2D eigenvalue weighted by Gasteiger charge is 2.34. The van der Waals surface area contributed by atoms with E-state index in [1.54, 1.807) is 14.2 Å². The van der Waals surface area contributed by atoms with Crippen molar-refractivity contribution >= 4 is 29.2 Å². The highest BCUT2D eigenvalue weighted by atomic mass is 35.5. The first-order valence-electron chi connectivity index (χ1n) is 12.6. The Bertz CT molecular complexity index is 1500. The van der Waals surface area contributed by atoms with Crippen LogP contribution in [0, 0.1) is 0 Å². The van der Waals surface area contributed by atoms with Crippen molar-refractivity contribution in [3.63, 3.8) is 0 Å². The van der Waals surface area contributed by atoms with Gasteiger partial charge in [-0.1, -0.05) is 23.7 Å². The number of alkyl halides is 1. The number of para-hydroxylation sites is 1. The smallest absolute Gasteiger partial charge is 0.180 e. The zero-order chi connectivity index (χ0) is 27.7. The summed E-state index contributed by atoms with van der Waals surface area (Å²) >= 11 is 13.2. The molecule has 0 saturated heterocycles. The number of ether oxygens (including phenoxy) is 2. The number of hydrogen-bond donors (Lipinski definition) is 0. The number of carbonyl (C=O) groups is 1. The van der Waals surface area contributed by atoms with Crippen molar-refractivity contribution in [2.75, 3.05) is 14.2 Å². The SMILES string of the molecule is COc1cccc([C@H]2C[C@H](CCn3nnc(CC(=O)[O-])n3)c3ccc(C(C)Cl)n3-c3ccc(Cl)cc32)c1OC. The molecule has 0 amide bonds. The number of methoxy groups -OCH3 is 2. The molecule has 9 nitrogen and oxygen atoms in total. The molecule has 5 rings (SSSR count). The average Bonchev–Trinajstić information content (AvgIpc) is 3.52. The second-order valence-electron chi connectivity index (χ2n) is 9.54. The summed E-state index contributed by atoms with van der Waals surface area (Å²) in [4.78, 5) is 12.4. The molecule has 11 heteroatoms. The molecule has 4 aromatic rings. The molecule has 2 aromatic carbocycles. The van der Waals surface area contributed by atoms with Crippen LogP contribution >= 0.6 is 23.2 Å². The second kappa shape index (κ2) is 11.3. The Kier molecular flexibility index (Phi) is 7.81. The summed E-state index contributed by atoms with van der Waals surface area (Å²) < 4.78 is 13.7. The maximum Gasteiger partial charge on any atom is 0.180 e. The largest absolute Gasteiger partial charge is 0.550 e. The molecule has 0 spiro atoms. The summed E-state index contributed by atoms with van der Waals surface area (Å²) in [7, 11) is 3.27. The van der Waals surface area contributed by atoms with Gasteiger partial charge in [0.25, 0.3) is 0 Å². The van der Waals surface area contributed by atoms with Crippen molar-refractivity contribution in [2.24, 2.45) is 0 Å². The van der Waals surface area contributed by atoms with Crippen LogP contribution in [0.1, 0.15) is 65.3 Å². The Labute approximate surface area is 236 Å². The minimum atomic E-state index is -1.25. The molecule has 0 N–H and O–H groups in total. The summed E-state index contributed by atoms with van der Waals surface area (Å²) in [6.45, 7) is 2.40. The number of carboxylic acid groups (broad SMARTS) is 1. The lowest BCUT2D eigenvalue weighted by Crippen LogP contribution is -2.25. The number of carboxylic acids is 1. The maximum absolute atomic E-state index is 10.9. The minimum absolute atomic E-state index is 0.0526. The maximum atomic E-state index is 10.9. The van der Waals surface area contributed by atoms with Crippen LogP contribution in [0.15, 0.2) is 48.5 Å². The van der Waals surface area contributed by atoms with Crippen LogP contribution in [0.25, 0.3) is 5.69 Å². The van der Waals surface area contributed by atoms with Crippen LogP contribution < -0.4 is 14.6 Å². The molecule has 0 aliphatic carbocycles. The van der Waals surface area contributed by atoms with Crippen molar-refractivity contribution < 1.29 is 19.4 Å². The van der Waals surface area contributed by atoms with Crippen LogP contribution in [0.2, 0.25) is 5.02 Å². The van der Waals surface area contributed by atoms with Crippen LogP contribution in [0.3, 0.4) is 0 Å². The quantitative estimate of drug-likeness (QED) is 0.275. The Hall–Kier alpha value is -3.56. The van der Waals surface area contributed by atoms with Gasteiger partial charge in [0, 0.05) is 45.5 Å². The fourth-order valence-corrected chi connectivity index (χ4v) is 5.86. The highest BCUT2D eigenvalue weighted by molar-refractivity contribution is 6.30. The predicted molar refractivity (Wildman–Crippen MR) is 145 cm³/mol. The molecule has 0 radical (unpaired) electrons. The van der Waals surface area contributed by atoms with Gasteiger partial charge in [0.2, 0.25) is 0 Å². The zero-order valence-corrected chi connectivity index (χ0v) is 23.3. The first-order chi connectivity index (χ1) is 18.8. The predicted octanol–water partition coefficient (Wildman–Crippen LogP) is 4.44. The summed E-state index contributed by atoms with van der Waals surface area (Å²) in [6, 6.07) is 16.0. The number of aliphatic carboxylic acids is 1. The fraction of sp³-hybridized carbons (Fsp3) is 0.357. The number of aryl methyl sites for hydroxylation is 1. The monoisotopic (exact) mass is 568 g/mol. The summed E-state index contributed by atoms with van der Waals surface area (Å²) in [5.41, 5.74) is 5.15. The molecule has 3 heterocycles. The number of aromatic nitrogens is 5. The molecule has 1 unspecified atom stereocenters. The summed E-state index contributed by atoms with van der Waals surface area (Å²) in [6.07, 6.45) is 1.03. The second-order valence-corrected chi connectivity index (χ2v) is 10.6. The van der Waals surface area contributed by atoms with Crippen LogP contribution in [-0.4, -0.2) is 45.0 Å². The molecule has 1 aliphatic rings. The lowest BCUT2D eigenvalue weighted by atomic mass is 9.81. The van der Waals surface area contributed by atoms with E-state index in [0.29, 0.717) is 29.5 Å². The van der Waals surface area contributed by atoms with Gasteiger partial charge in [-0.25, -0.2) is 0 Å². The average molecular weight is 569 g/mol. The van der Waals surface area contributed by atoms with E-state index in [-0.39, 0.29) is 29.5 Å². The van der Waals surface area contributed by atoms with E-state index in [2.05, 4.69) is 38.2 Å². The lowest BCUT2D eigenvalue weighted by Gasteiger charge is -2.24. The number of hydrogen-bond acceptors (Lipinski definition) is 7. The Morgan fingerprint density at radius 3 is 2.69 bits per heavy atom. The molecule has 0 bridgehead atoms. The van der Waals surface area contributed by atoms with E-state index in [1.807, 2.05) is 37.3 Å². The first-order valence-corrected chi connectivity index (χ1v) is 13.4. The van der Waals surface area contributed by atoms with Gasteiger partial charge in [-0.15, -0.1) is 21.8 Å². The number of carbonyl (C=O) groups excluding carboxylic acids is 1. The number of rotatable bonds is 9. The van der Waals surface area contributed by atoms with Crippen molar-refractivity contribution in [2.45, 2.75) is 49.9 Å². The molecule has 0 fully saturated rings. The first kappa shape index (κ1) is 27.0. The molecular weight excluding hydrogens is 541 g/mol. The normalized spacial score (nSPS) is 17.2. The zero-order valence-electron chi connectivity index (χ0n) is 21.8. The topological polar surface area (TPSA) is 107 Å². The van der Waals surface area contributed by atoms with Gasteiger partial charge in [-0.2, -0.15) is 4.80 Å². The number of benzene rings is 2. The van der Waals surface area contributed by atoms with E-state index >= 15 is 0 Å². The molecule has 3 atom stereocenters. The van der Waals surface area contributed by atoms with Gasteiger partial charge in [0.15, 0.2) is 17.3 Å². The number of tetrazole rings is 1. The van der Waals surface area contributed by atoms with Gasteiger partial charge in [-0.3, -0.25) is 0 Å². The van der Waals surface area contributed by atoms with Crippen molar-refractivity contribution in [3.8, 4) is 17.2 Å².